The maximum atomic E-state index is 5.44. The van der Waals surface area contributed by atoms with E-state index < -0.39 is 0 Å². The molecule has 1 aromatic heterocycles. The van der Waals surface area contributed by atoms with E-state index in [2.05, 4.69) is 19.9 Å². The van der Waals surface area contributed by atoms with E-state index in [1.54, 1.807) is 0 Å². The number of furan rings is 1. The van der Waals surface area contributed by atoms with Gasteiger partial charge < -0.3 is 4.42 Å². The van der Waals surface area contributed by atoms with Crippen LogP contribution in [0.5, 0.6) is 0 Å². The number of fused-ring (bicyclic) bond motifs is 5. The average Bonchev–Trinajstić information content (AvgIpc) is 3.20. The number of hydrogen-bond acceptors (Lipinski definition) is 1. The van der Waals surface area contributed by atoms with Crippen molar-refractivity contribution in [1.82, 2.24) is 0 Å². The SMILES string of the molecule is C[C@]12CCCC[C@@H]1CC[C@H]1[C@H]3CC[C@H](c4ccoc4)[C@@]3(C)CC[C@@H]12. The van der Waals surface area contributed by atoms with Crippen molar-refractivity contribution in [3.63, 3.8) is 0 Å². The lowest BCUT2D eigenvalue weighted by Gasteiger charge is -2.60. The molecule has 4 aliphatic carbocycles. The monoisotopic (exact) mass is 326 g/mol. The predicted octanol–water partition coefficient (Wildman–Crippen LogP) is 6.80. The molecule has 1 nitrogen and oxygen atoms in total. The molecule has 0 saturated heterocycles. The molecule has 1 heteroatoms. The van der Waals surface area contributed by atoms with Crippen molar-refractivity contribution in [3.8, 4) is 0 Å². The van der Waals surface area contributed by atoms with E-state index >= 15 is 0 Å². The molecule has 0 amide bonds. The Morgan fingerprint density at radius 2 is 1.75 bits per heavy atom. The Balaban J connectivity index is 1.45. The maximum absolute atomic E-state index is 5.44. The quantitative estimate of drug-likeness (QED) is 0.553. The lowest BCUT2D eigenvalue weighted by Crippen LogP contribution is -2.52. The average molecular weight is 327 g/mol. The van der Waals surface area contributed by atoms with Gasteiger partial charge in [-0.1, -0.05) is 26.7 Å². The molecule has 1 heterocycles. The summed E-state index contributed by atoms with van der Waals surface area (Å²) >= 11 is 0. The van der Waals surface area contributed by atoms with Crippen LogP contribution in [0.25, 0.3) is 0 Å². The minimum absolute atomic E-state index is 0.531. The van der Waals surface area contributed by atoms with Gasteiger partial charge in [-0.25, -0.2) is 0 Å². The Bertz CT molecular complexity index is 589. The van der Waals surface area contributed by atoms with E-state index in [-0.39, 0.29) is 0 Å². The molecule has 0 radical (unpaired) electrons. The van der Waals surface area contributed by atoms with E-state index in [0.29, 0.717) is 10.8 Å². The van der Waals surface area contributed by atoms with Gasteiger partial charge in [0, 0.05) is 0 Å². The zero-order valence-electron chi connectivity index (χ0n) is 15.6. The fourth-order valence-corrected chi connectivity index (χ4v) is 8.32. The van der Waals surface area contributed by atoms with Crippen molar-refractivity contribution in [2.45, 2.75) is 84.0 Å². The molecule has 132 valence electrons. The van der Waals surface area contributed by atoms with E-state index in [1.807, 2.05) is 12.5 Å². The standard InChI is InChI=1S/C23H34O/c1-22-12-4-3-5-17(22)6-7-18-20-9-8-19(16-11-14-24-15-16)23(20,2)13-10-21(18)22/h11,14-15,17-21H,3-10,12-13H2,1-2H3/t17-,18+,19-,20-,21+,22+,23-/m1/s1. The van der Waals surface area contributed by atoms with Gasteiger partial charge in [-0.15, -0.1) is 0 Å². The van der Waals surface area contributed by atoms with Crippen LogP contribution in [-0.4, -0.2) is 0 Å². The summed E-state index contributed by atoms with van der Waals surface area (Å²) < 4.78 is 5.44. The molecule has 0 aromatic carbocycles. The lowest BCUT2D eigenvalue weighted by atomic mass is 9.45. The molecule has 0 spiro atoms. The lowest BCUT2D eigenvalue weighted by molar-refractivity contribution is -0.105. The first kappa shape index (κ1) is 15.5. The van der Waals surface area contributed by atoms with Crippen molar-refractivity contribution in [3.05, 3.63) is 24.2 Å². The summed E-state index contributed by atoms with van der Waals surface area (Å²) in [7, 11) is 0. The van der Waals surface area contributed by atoms with Gasteiger partial charge in [0.2, 0.25) is 0 Å². The summed E-state index contributed by atoms with van der Waals surface area (Å²) in [5.41, 5.74) is 2.69. The number of rotatable bonds is 1. The smallest absolute Gasteiger partial charge is 0.0937 e. The van der Waals surface area contributed by atoms with E-state index in [1.165, 1.54) is 69.8 Å². The first-order valence-electron chi connectivity index (χ1n) is 10.6. The van der Waals surface area contributed by atoms with Crippen LogP contribution in [0.2, 0.25) is 0 Å². The topological polar surface area (TPSA) is 13.1 Å². The van der Waals surface area contributed by atoms with E-state index in [9.17, 15) is 0 Å². The zero-order valence-corrected chi connectivity index (χ0v) is 15.6. The van der Waals surface area contributed by atoms with Gasteiger partial charge >= 0.3 is 0 Å². The molecule has 0 bridgehead atoms. The second kappa shape index (κ2) is 5.39. The zero-order chi connectivity index (χ0) is 16.4. The van der Waals surface area contributed by atoms with Crippen LogP contribution in [0.4, 0.5) is 0 Å². The minimum atomic E-state index is 0.531. The second-order valence-electron chi connectivity index (χ2n) is 10.1. The normalized spacial score (nSPS) is 50.8. The van der Waals surface area contributed by atoms with Crippen molar-refractivity contribution >= 4 is 0 Å². The third kappa shape index (κ3) is 1.99. The first-order chi connectivity index (χ1) is 11.6. The Kier molecular flexibility index (Phi) is 3.48. The Hall–Kier alpha value is -0.720. The molecule has 0 unspecified atom stereocenters. The first-order valence-corrected chi connectivity index (χ1v) is 10.6. The van der Waals surface area contributed by atoms with E-state index in [0.717, 1.165) is 29.6 Å². The van der Waals surface area contributed by atoms with Gasteiger partial charge in [0.1, 0.15) is 0 Å². The van der Waals surface area contributed by atoms with Crippen LogP contribution < -0.4 is 0 Å². The molecule has 24 heavy (non-hydrogen) atoms. The van der Waals surface area contributed by atoms with Gasteiger partial charge in [0.25, 0.3) is 0 Å². The maximum Gasteiger partial charge on any atom is 0.0937 e. The van der Waals surface area contributed by atoms with Crippen molar-refractivity contribution < 1.29 is 4.42 Å². The Morgan fingerprint density at radius 1 is 0.875 bits per heavy atom. The van der Waals surface area contributed by atoms with Crippen LogP contribution in [0.15, 0.2) is 23.0 Å². The molecule has 4 saturated carbocycles. The minimum Gasteiger partial charge on any atom is -0.472 e. The largest absolute Gasteiger partial charge is 0.472 e. The van der Waals surface area contributed by atoms with Crippen molar-refractivity contribution in [2.75, 3.05) is 0 Å². The Labute approximate surface area is 147 Å². The van der Waals surface area contributed by atoms with Gasteiger partial charge in [0.15, 0.2) is 0 Å². The summed E-state index contributed by atoms with van der Waals surface area (Å²) in [5, 5.41) is 0. The van der Waals surface area contributed by atoms with Crippen LogP contribution in [0, 0.1) is 34.5 Å². The summed E-state index contributed by atoms with van der Waals surface area (Å²) in [4.78, 5) is 0. The fourth-order valence-electron chi connectivity index (χ4n) is 8.32. The molecule has 4 aliphatic rings. The fraction of sp³-hybridized carbons (Fsp3) is 0.826. The summed E-state index contributed by atoms with van der Waals surface area (Å²) in [5.74, 6) is 4.80. The van der Waals surface area contributed by atoms with E-state index in [4.69, 9.17) is 4.42 Å². The molecule has 7 atom stereocenters. The number of hydrogen-bond donors (Lipinski definition) is 0. The molecule has 4 fully saturated rings. The van der Waals surface area contributed by atoms with Crippen LogP contribution in [-0.2, 0) is 0 Å². The van der Waals surface area contributed by atoms with Crippen LogP contribution in [0.1, 0.15) is 89.5 Å². The molecule has 5 rings (SSSR count). The molecule has 0 aliphatic heterocycles. The van der Waals surface area contributed by atoms with Gasteiger partial charge in [0.05, 0.1) is 12.5 Å². The third-order valence-corrected chi connectivity index (χ3v) is 9.53. The highest BCUT2D eigenvalue weighted by molar-refractivity contribution is 5.22. The molecular weight excluding hydrogens is 292 g/mol. The van der Waals surface area contributed by atoms with Gasteiger partial charge in [-0.2, -0.15) is 0 Å². The predicted molar refractivity (Wildman–Crippen MR) is 97.8 cm³/mol. The van der Waals surface area contributed by atoms with Gasteiger partial charge in [-0.05, 0) is 103 Å². The van der Waals surface area contributed by atoms with Gasteiger partial charge in [-0.3, -0.25) is 0 Å². The molecule has 0 N–H and O–H groups in total. The molecule has 1 aromatic rings. The highest BCUT2D eigenvalue weighted by Crippen LogP contribution is 2.68. The van der Waals surface area contributed by atoms with Crippen molar-refractivity contribution in [1.29, 1.82) is 0 Å². The second-order valence-corrected chi connectivity index (χ2v) is 10.1. The third-order valence-electron chi connectivity index (χ3n) is 9.53. The summed E-state index contributed by atoms with van der Waals surface area (Å²) in [6.07, 6.45) is 18.8. The van der Waals surface area contributed by atoms with Crippen LogP contribution in [0.3, 0.4) is 0 Å². The van der Waals surface area contributed by atoms with Crippen molar-refractivity contribution in [2.24, 2.45) is 34.5 Å². The van der Waals surface area contributed by atoms with Crippen LogP contribution >= 0.6 is 0 Å². The molecular formula is C23H34O. The highest BCUT2D eigenvalue weighted by Gasteiger charge is 2.59. The summed E-state index contributed by atoms with van der Waals surface area (Å²) in [6, 6.07) is 2.24. The Morgan fingerprint density at radius 3 is 2.58 bits per heavy atom. The summed E-state index contributed by atoms with van der Waals surface area (Å²) in [6.45, 7) is 5.33. The highest BCUT2D eigenvalue weighted by atomic mass is 16.3.